The molecule has 1 heterocycles. The van der Waals surface area contributed by atoms with Crippen molar-refractivity contribution in [3.63, 3.8) is 0 Å². The molecule has 0 unspecified atom stereocenters. The maximum Gasteiger partial charge on any atom is 0.356 e. The molecule has 1 saturated carbocycles. The number of esters is 2. The second-order valence-corrected chi connectivity index (χ2v) is 5.51. The number of nitrogens with zero attached hydrogens (tertiary/aromatic N) is 1. The Morgan fingerprint density at radius 1 is 1.39 bits per heavy atom. The lowest BCUT2D eigenvalue weighted by Crippen LogP contribution is -2.61. The molecule has 8 nitrogen and oxygen atoms in total. The summed E-state index contributed by atoms with van der Waals surface area (Å²) in [5.41, 5.74) is -3.16. The average molecular weight is 327 g/mol. The fraction of sp³-hybridized carbons (Fsp3) is 0.800. The molecule has 128 valence electrons. The minimum atomic E-state index is -1.75. The maximum atomic E-state index is 12.7. The zero-order valence-corrected chi connectivity index (χ0v) is 13.7. The minimum absolute atomic E-state index is 0.0480. The van der Waals surface area contributed by atoms with Gasteiger partial charge in [0.05, 0.1) is 19.3 Å². The van der Waals surface area contributed by atoms with Gasteiger partial charge >= 0.3 is 11.9 Å². The number of nitriles is 1. The van der Waals surface area contributed by atoms with Crippen LogP contribution in [0.25, 0.3) is 0 Å². The summed E-state index contributed by atoms with van der Waals surface area (Å²) in [7, 11) is 3.86. The van der Waals surface area contributed by atoms with Crippen molar-refractivity contribution in [1.29, 1.82) is 5.26 Å². The molecule has 0 aromatic carbocycles. The van der Waals surface area contributed by atoms with Crippen LogP contribution in [0.3, 0.4) is 0 Å². The van der Waals surface area contributed by atoms with E-state index in [9.17, 15) is 9.59 Å². The standard InChI is InChI=1S/C15H21NO7/c1-5-22-10-9-14(12(18)19-2)15(20-3,21-4)13(10,7-6-8-16)11(17)23-14/h10H,5-7,9H2,1-4H3/t10-,13+,14-/m0/s1. The molecule has 23 heavy (non-hydrogen) atoms. The largest absolute Gasteiger partial charge is 0.466 e. The van der Waals surface area contributed by atoms with Gasteiger partial charge in [-0.3, -0.25) is 4.79 Å². The van der Waals surface area contributed by atoms with Crippen molar-refractivity contribution in [2.75, 3.05) is 27.9 Å². The van der Waals surface area contributed by atoms with Gasteiger partial charge in [0.15, 0.2) is 5.41 Å². The van der Waals surface area contributed by atoms with E-state index >= 15 is 0 Å². The number of hydrogen-bond donors (Lipinski definition) is 0. The predicted molar refractivity (Wildman–Crippen MR) is 74.9 cm³/mol. The summed E-state index contributed by atoms with van der Waals surface area (Å²) in [5, 5.41) is 8.97. The van der Waals surface area contributed by atoms with E-state index in [1.165, 1.54) is 21.3 Å². The third-order valence-electron chi connectivity index (χ3n) is 4.86. The van der Waals surface area contributed by atoms with Gasteiger partial charge in [-0.15, -0.1) is 0 Å². The summed E-state index contributed by atoms with van der Waals surface area (Å²) in [6, 6.07) is 2.01. The molecule has 0 aromatic heterocycles. The molecular weight excluding hydrogens is 306 g/mol. The van der Waals surface area contributed by atoms with E-state index in [2.05, 4.69) is 0 Å². The molecule has 2 fully saturated rings. The Balaban J connectivity index is 2.67. The molecule has 0 spiro atoms. The third kappa shape index (κ3) is 1.87. The molecule has 1 aliphatic heterocycles. The molecule has 0 amide bonds. The number of rotatable bonds is 7. The van der Waals surface area contributed by atoms with Crippen LogP contribution in [-0.2, 0) is 33.3 Å². The molecular formula is C15H21NO7. The number of carbonyl (C=O) groups is 2. The van der Waals surface area contributed by atoms with Gasteiger partial charge < -0.3 is 23.7 Å². The normalized spacial score (nSPS) is 34.0. The summed E-state index contributed by atoms with van der Waals surface area (Å²) in [6.45, 7) is 2.11. The van der Waals surface area contributed by atoms with E-state index in [0.29, 0.717) is 6.61 Å². The highest BCUT2D eigenvalue weighted by atomic mass is 16.7. The highest BCUT2D eigenvalue weighted by Gasteiger charge is 2.88. The van der Waals surface area contributed by atoms with Gasteiger partial charge in [0, 0.05) is 33.7 Å². The van der Waals surface area contributed by atoms with Gasteiger partial charge in [-0.05, 0) is 13.3 Å². The topological polar surface area (TPSA) is 104 Å². The van der Waals surface area contributed by atoms with Crippen LogP contribution in [0, 0.1) is 16.7 Å². The van der Waals surface area contributed by atoms with Crippen LogP contribution >= 0.6 is 0 Å². The molecule has 1 aliphatic carbocycles. The van der Waals surface area contributed by atoms with Crippen molar-refractivity contribution in [1.82, 2.24) is 0 Å². The summed E-state index contributed by atoms with van der Waals surface area (Å²) in [6.07, 6.45) is -0.481. The first-order valence-electron chi connectivity index (χ1n) is 7.37. The van der Waals surface area contributed by atoms with Crippen LogP contribution < -0.4 is 0 Å². The molecule has 2 aliphatic rings. The van der Waals surface area contributed by atoms with Gasteiger partial charge in [-0.2, -0.15) is 5.26 Å². The molecule has 2 rings (SSSR count). The van der Waals surface area contributed by atoms with Crippen LogP contribution in [-0.4, -0.2) is 57.4 Å². The second-order valence-electron chi connectivity index (χ2n) is 5.51. The first kappa shape index (κ1) is 17.7. The fourth-order valence-corrected chi connectivity index (χ4v) is 4.05. The molecule has 3 atom stereocenters. The van der Waals surface area contributed by atoms with Crippen molar-refractivity contribution in [3.8, 4) is 6.07 Å². The number of ether oxygens (including phenoxy) is 5. The molecule has 2 bridgehead atoms. The van der Waals surface area contributed by atoms with E-state index in [-0.39, 0.29) is 19.3 Å². The number of fused-ring (bicyclic) bond motifs is 2. The summed E-state index contributed by atoms with van der Waals surface area (Å²) >= 11 is 0. The quantitative estimate of drug-likeness (QED) is 0.493. The lowest BCUT2D eigenvalue weighted by atomic mass is 9.75. The van der Waals surface area contributed by atoms with Crippen LogP contribution in [0.2, 0.25) is 0 Å². The minimum Gasteiger partial charge on any atom is -0.466 e. The first-order chi connectivity index (χ1) is 11.0. The predicted octanol–water partition coefficient (Wildman–Crippen LogP) is 0.543. The second kappa shape index (κ2) is 6.07. The molecule has 0 radical (unpaired) electrons. The lowest BCUT2D eigenvalue weighted by Gasteiger charge is -2.40. The Kier molecular flexibility index (Phi) is 4.66. The van der Waals surface area contributed by atoms with E-state index in [4.69, 9.17) is 28.9 Å². The zero-order chi connectivity index (χ0) is 17.3. The van der Waals surface area contributed by atoms with Gasteiger partial charge in [-0.25, -0.2) is 4.79 Å². The van der Waals surface area contributed by atoms with Gasteiger partial charge in [0.1, 0.15) is 0 Å². The van der Waals surface area contributed by atoms with Gasteiger partial charge in [-0.1, -0.05) is 0 Å². The SMILES string of the molecule is CCO[C@H]1C[C@@]2(C(=O)OC)OC(=O)[C@]1(CCC#N)C2(OC)OC. The van der Waals surface area contributed by atoms with Crippen LogP contribution in [0.15, 0.2) is 0 Å². The Hall–Kier alpha value is -1.69. The van der Waals surface area contributed by atoms with Crippen molar-refractivity contribution < 1.29 is 33.3 Å². The highest BCUT2D eigenvalue weighted by Crippen LogP contribution is 2.65. The highest BCUT2D eigenvalue weighted by molar-refractivity contribution is 5.95. The Morgan fingerprint density at radius 3 is 2.52 bits per heavy atom. The number of hydrogen-bond acceptors (Lipinski definition) is 8. The van der Waals surface area contributed by atoms with E-state index in [1.807, 2.05) is 6.07 Å². The van der Waals surface area contributed by atoms with E-state index in [1.54, 1.807) is 6.92 Å². The first-order valence-corrected chi connectivity index (χ1v) is 7.37. The molecule has 0 N–H and O–H groups in total. The van der Waals surface area contributed by atoms with Crippen LogP contribution in [0.1, 0.15) is 26.2 Å². The van der Waals surface area contributed by atoms with Crippen LogP contribution in [0.4, 0.5) is 0 Å². The Morgan fingerprint density at radius 2 is 2.04 bits per heavy atom. The Labute approximate surface area is 134 Å². The Bertz CT molecular complexity index is 538. The fourth-order valence-electron chi connectivity index (χ4n) is 4.05. The van der Waals surface area contributed by atoms with Gasteiger partial charge in [0.25, 0.3) is 5.60 Å². The van der Waals surface area contributed by atoms with Crippen molar-refractivity contribution in [2.24, 2.45) is 5.41 Å². The zero-order valence-electron chi connectivity index (χ0n) is 13.7. The van der Waals surface area contributed by atoms with Gasteiger partial charge in [0.2, 0.25) is 5.79 Å². The smallest absolute Gasteiger partial charge is 0.356 e. The third-order valence-corrected chi connectivity index (χ3v) is 4.86. The maximum absolute atomic E-state index is 12.7. The van der Waals surface area contributed by atoms with Crippen molar-refractivity contribution in [2.45, 2.75) is 43.7 Å². The van der Waals surface area contributed by atoms with Crippen molar-refractivity contribution in [3.05, 3.63) is 0 Å². The van der Waals surface area contributed by atoms with Crippen molar-refractivity contribution >= 4 is 11.9 Å². The summed E-state index contributed by atoms with van der Waals surface area (Å²) < 4.78 is 27.1. The average Bonchev–Trinajstić information content (AvgIpc) is 2.92. The lowest BCUT2D eigenvalue weighted by molar-refractivity contribution is -0.290. The summed E-state index contributed by atoms with van der Waals surface area (Å²) in [4.78, 5) is 25.2. The van der Waals surface area contributed by atoms with E-state index < -0.39 is 34.8 Å². The molecule has 0 aromatic rings. The molecule has 8 heteroatoms. The number of methoxy groups -OCH3 is 3. The monoisotopic (exact) mass is 327 g/mol. The number of carbonyl (C=O) groups excluding carboxylic acids is 2. The van der Waals surface area contributed by atoms with E-state index in [0.717, 1.165) is 0 Å². The summed E-state index contributed by atoms with van der Waals surface area (Å²) in [5.74, 6) is -3.15. The molecule has 1 saturated heterocycles. The van der Waals surface area contributed by atoms with Crippen LogP contribution in [0.5, 0.6) is 0 Å².